The molecule has 154 valence electrons. The smallest absolute Gasteiger partial charge is 0.329 e. The fourth-order valence-corrected chi connectivity index (χ4v) is 2.63. The molecule has 30 heavy (non-hydrogen) atoms. The van der Waals surface area contributed by atoms with Gasteiger partial charge in [-0.3, -0.25) is 19.0 Å². The lowest BCUT2D eigenvalue weighted by Gasteiger charge is -2.07. The summed E-state index contributed by atoms with van der Waals surface area (Å²) in [5.74, 6) is -0.525. The van der Waals surface area contributed by atoms with E-state index in [0.717, 1.165) is 10.1 Å². The summed E-state index contributed by atoms with van der Waals surface area (Å²) in [5, 5.41) is 6.43. The van der Waals surface area contributed by atoms with Crippen LogP contribution >= 0.6 is 0 Å². The molecule has 0 unspecified atom stereocenters. The second kappa shape index (κ2) is 9.32. The van der Waals surface area contributed by atoms with Crippen LogP contribution in [0.1, 0.15) is 5.56 Å². The first-order chi connectivity index (χ1) is 14.5. The molecule has 10 nitrogen and oxygen atoms in total. The molecule has 0 fully saturated rings. The number of H-pyrrole nitrogens is 1. The number of nitrogens with zero attached hydrogens (tertiary/aromatic N) is 2. The van der Waals surface area contributed by atoms with Gasteiger partial charge in [-0.15, -0.1) is 0 Å². The summed E-state index contributed by atoms with van der Waals surface area (Å²) in [7, 11) is 1.56. The third-order valence-corrected chi connectivity index (χ3v) is 4.16. The van der Waals surface area contributed by atoms with Crippen molar-refractivity contribution in [1.82, 2.24) is 20.3 Å². The molecule has 0 atom stereocenters. The van der Waals surface area contributed by atoms with E-state index in [1.54, 1.807) is 55.6 Å². The molecular formula is C20H19N5O5. The van der Waals surface area contributed by atoms with Crippen LogP contribution in [-0.4, -0.2) is 41.2 Å². The van der Waals surface area contributed by atoms with Crippen LogP contribution in [0.5, 0.6) is 5.75 Å². The molecule has 0 saturated heterocycles. The van der Waals surface area contributed by atoms with Gasteiger partial charge < -0.3 is 15.0 Å². The minimum Gasteiger partial charge on any atom is -0.497 e. The van der Waals surface area contributed by atoms with Gasteiger partial charge in [0, 0.05) is 0 Å². The topological polar surface area (TPSA) is 135 Å². The van der Waals surface area contributed by atoms with Gasteiger partial charge in [-0.1, -0.05) is 12.1 Å². The first-order valence-corrected chi connectivity index (χ1v) is 8.92. The Kier molecular flexibility index (Phi) is 6.38. The summed E-state index contributed by atoms with van der Waals surface area (Å²) in [4.78, 5) is 50.9. The molecule has 10 heteroatoms. The van der Waals surface area contributed by atoms with Crippen LogP contribution in [0, 0.1) is 0 Å². The van der Waals surface area contributed by atoms with Crippen molar-refractivity contribution in [3.05, 3.63) is 74.9 Å². The number of para-hydroxylation sites is 1. The largest absolute Gasteiger partial charge is 0.497 e. The van der Waals surface area contributed by atoms with Crippen molar-refractivity contribution >= 4 is 28.9 Å². The van der Waals surface area contributed by atoms with Gasteiger partial charge in [0.1, 0.15) is 12.3 Å². The number of aromatic amines is 1. The lowest BCUT2D eigenvalue weighted by atomic mass is 10.2. The molecule has 0 aliphatic carbocycles. The van der Waals surface area contributed by atoms with Gasteiger partial charge in [-0.2, -0.15) is 5.10 Å². The summed E-state index contributed by atoms with van der Waals surface area (Å²) in [6.45, 7) is -0.875. The number of hydrogen-bond acceptors (Lipinski definition) is 6. The van der Waals surface area contributed by atoms with Crippen molar-refractivity contribution in [2.75, 3.05) is 13.7 Å². The SMILES string of the molecule is COc1ccc(/C=N/NC(=O)CNC(=O)Cn2c(=O)[nH]c3ccccc3c2=O)cc1. The maximum Gasteiger partial charge on any atom is 0.329 e. The van der Waals surface area contributed by atoms with Gasteiger partial charge in [0.05, 0.1) is 30.8 Å². The molecule has 3 aromatic rings. The average molecular weight is 409 g/mol. The normalized spacial score (nSPS) is 10.8. The van der Waals surface area contributed by atoms with E-state index < -0.39 is 29.6 Å². The van der Waals surface area contributed by atoms with E-state index in [-0.39, 0.29) is 11.9 Å². The van der Waals surface area contributed by atoms with E-state index in [1.165, 1.54) is 6.21 Å². The molecule has 1 aromatic heterocycles. The van der Waals surface area contributed by atoms with E-state index in [0.29, 0.717) is 11.3 Å². The molecule has 2 amide bonds. The van der Waals surface area contributed by atoms with Crippen LogP contribution in [0.4, 0.5) is 0 Å². The number of carbonyl (C=O) groups excluding carboxylic acids is 2. The van der Waals surface area contributed by atoms with Gasteiger partial charge in [0.2, 0.25) is 5.91 Å². The van der Waals surface area contributed by atoms with Gasteiger partial charge in [0.25, 0.3) is 11.5 Å². The standard InChI is InChI=1S/C20H19N5O5/c1-30-14-8-6-13(7-9-14)10-22-24-17(26)11-21-18(27)12-25-19(28)15-4-2-3-5-16(15)23-20(25)29/h2-10H,11-12H2,1H3,(H,21,27)(H,23,29)(H,24,26)/b22-10+. The number of fused-ring (bicyclic) bond motifs is 1. The van der Waals surface area contributed by atoms with Gasteiger partial charge in [-0.05, 0) is 42.0 Å². The Morgan fingerprint density at radius 2 is 1.83 bits per heavy atom. The number of nitrogens with one attached hydrogen (secondary N) is 3. The van der Waals surface area contributed by atoms with Crippen molar-refractivity contribution in [2.24, 2.45) is 5.10 Å². The Labute approximate surface area is 170 Å². The van der Waals surface area contributed by atoms with E-state index in [9.17, 15) is 19.2 Å². The highest BCUT2D eigenvalue weighted by Gasteiger charge is 2.12. The monoisotopic (exact) mass is 409 g/mol. The predicted octanol–water partition coefficient (Wildman–Crippen LogP) is -0.0351. The Morgan fingerprint density at radius 1 is 1.10 bits per heavy atom. The predicted molar refractivity (Wildman–Crippen MR) is 111 cm³/mol. The van der Waals surface area contributed by atoms with Gasteiger partial charge in [0.15, 0.2) is 0 Å². The minimum absolute atomic E-state index is 0.288. The van der Waals surface area contributed by atoms with E-state index in [4.69, 9.17) is 4.74 Å². The van der Waals surface area contributed by atoms with Crippen molar-refractivity contribution < 1.29 is 14.3 Å². The summed E-state index contributed by atoms with van der Waals surface area (Å²) in [6.07, 6.45) is 1.44. The molecule has 0 aliphatic rings. The van der Waals surface area contributed by atoms with Crippen LogP contribution in [0.25, 0.3) is 10.9 Å². The molecule has 0 saturated carbocycles. The number of rotatable bonds is 7. The molecule has 1 heterocycles. The Bertz CT molecular complexity index is 1210. The number of amides is 2. The third-order valence-electron chi connectivity index (χ3n) is 4.16. The fraction of sp³-hybridized carbons (Fsp3) is 0.150. The summed E-state index contributed by atoms with van der Waals surface area (Å²) >= 11 is 0. The van der Waals surface area contributed by atoms with Crippen LogP contribution in [0.3, 0.4) is 0 Å². The minimum atomic E-state index is -0.706. The number of hydrogen-bond donors (Lipinski definition) is 3. The van der Waals surface area contributed by atoms with Crippen molar-refractivity contribution in [3.8, 4) is 5.75 Å². The lowest BCUT2D eigenvalue weighted by molar-refractivity contribution is -0.126. The molecular weight excluding hydrogens is 390 g/mol. The van der Waals surface area contributed by atoms with Crippen LogP contribution < -0.4 is 26.7 Å². The Hall–Kier alpha value is -4.21. The number of aromatic nitrogens is 2. The summed E-state index contributed by atoms with van der Waals surface area (Å²) in [6, 6.07) is 13.5. The number of carbonyl (C=O) groups is 2. The Morgan fingerprint density at radius 3 is 2.57 bits per heavy atom. The van der Waals surface area contributed by atoms with Crippen molar-refractivity contribution in [2.45, 2.75) is 6.54 Å². The van der Waals surface area contributed by atoms with E-state index in [2.05, 4.69) is 20.8 Å². The maximum absolute atomic E-state index is 12.4. The second-order valence-electron chi connectivity index (χ2n) is 6.21. The highest BCUT2D eigenvalue weighted by molar-refractivity contribution is 5.86. The van der Waals surface area contributed by atoms with E-state index in [1.807, 2.05) is 0 Å². The highest BCUT2D eigenvalue weighted by atomic mass is 16.5. The Balaban J connectivity index is 1.53. The summed E-state index contributed by atoms with van der Waals surface area (Å²) < 4.78 is 5.82. The molecule has 0 aliphatic heterocycles. The number of ether oxygens (including phenoxy) is 1. The summed E-state index contributed by atoms with van der Waals surface area (Å²) in [5.41, 5.74) is 2.12. The molecule has 0 spiro atoms. The zero-order valence-electron chi connectivity index (χ0n) is 16.0. The molecule has 2 aromatic carbocycles. The zero-order chi connectivity index (χ0) is 21.5. The van der Waals surface area contributed by atoms with Crippen LogP contribution in [-0.2, 0) is 16.1 Å². The third kappa shape index (κ3) is 4.98. The number of benzene rings is 2. The average Bonchev–Trinajstić information content (AvgIpc) is 2.75. The first-order valence-electron chi connectivity index (χ1n) is 8.92. The maximum atomic E-state index is 12.4. The first kappa shape index (κ1) is 20.5. The van der Waals surface area contributed by atoms with Crippen LogP contribution in [0.2, 0.25) is 0 Å². The van der Waals surface area contributed by atoms with Crippen molar-refractivity contribution in [1.29, 1.82) is 0 Å². The van der Waals surface area contributed by atoms with Gasteiger partial charge in [-0.25, -0.2) is 10.2 Å². The molecule has 0 bridgehead atoms. The number of hydrazone groups is 1. The highest BCUT2D eigenvalue weighted by Crippen LogP contribution is 2.09. The zero-order valence-corrected chi connectivity index (χ0v) is 16.0. The second-order valence-corrected chi connectivity index (χ2v) is 6.21. The lowest BCUT2D eigenvalue weighted by Crippen LogP contribution is -2.42. The van der Waals surface area contributed by atoms with E-state index >= 15 is 0 Å². The fourth-order valence-electron chi connectivity index (χ4n) is 2.63. The van der Waals surface area contributed by atoms with Crippen molar-refractivity contribution in [3.63, 3.8) is 0 Å². The molecule has 3 N–H and O–H groups in total. The van der Waals surface area contributed by atoms with Crippen LogP contribution in [0.15, 0.2) is 63.2 Å². The quantitative estimate of drug-likeness (QED) is 0.372. The number of methoxy groups -OCH3 is 1. The molecule has 0 radical (unpaired) electrons. The van der Waals surface area contributed by atoms with Gasteiger partial charge >= 0.3 is 5.69 Å². The molecule has 3 rings (SSSR count).